The van der Waals surface area contributed by atoms with Crippen LogP contribution in [0.2, 0.25) is 0 Å². The lowest BCUT2D eigenvalue weighted by atomic mass is 9.98. The van der Waals surface area contributed by atoms with Crippen LogP contribution < -0.4 is 10.6 Å². The Hall–Kier alpha value is -3.47. The third-order valence-corrected chi connectivity index (χ3v) is 5.28. The van der Waals surface area contributed by atoms with E-state index in [-0.39, 0.29) is 11.8 Å². The van der Waals surface area contributed by atoms with Crippen molar-refractivity contribution in [3.8, 4) is 22.4 Å². The molecule has 0 unspecified atom stereocenters. The summed E-state index contributed by atoms with van der Waals surface area (Å²) in [6, 6.07) is 15.8. The molecular weight excluding hydrogens is 338 g/mol. The summed E-state index contributed by atoms with van der Waals surface area (Å²) < 4.78 is 0. The minimum atomic E-state index is -0.0309. The molecule has 3 heterocycles. The van der Waals surface area contributed by atoms with Gasteiger partial charge in [0, 0.05) is 41.0 Å². The number of nitrogens with zero attached hydrogens (tertiary/aromatic N) is 1. The summed E-state index contributed by atoms with van der Waals surface area (Å²) in [5, 5.41) is 5.68. The van der Waals surface area contributed by atoms with E-state index in [2.05, 4.69) is 10.6 Å². The molecule has 5 heteroatoms. The minimum absolute atomic E-state index is 0.0227. The second-order valence-electron chi connectivity index (χ2n) is 6.94. The summed E-state index contributed by atoms with van der Waals surface area (Å²) in [5.41, 5.74) is 8.13. The maximum Gasteiger partial charge on any atom is 0.251 e. The number of fused-ring (bicyclic) bond motifs is 2. The number of carbonyl (C=O) groups is 2. The van der Waals surface area contributed by atoms with Gasteiger partial charge in [0.15, 0.2) is 0 Å². The van der Waals surface area contributed by atoms with E-state index < -0.39 is 0 Å². The van der Waals surface area contributed by atoms with Gasteiger partial charge in [0.1, 0.15) is 0 Å². The molecule has 0 radical (unpaired) electrons. The zero-order valence-corrected chi connectivity index (χ0v) is 14.8. The van der Waals surface area contributed by atoms with Crippen molar-refractivity contribution in [1.29, 1.82) is 0 Å². The zero-order chi connectivity index (χ0) is 18.5. The summed E-state index contributed by atoms with van der Waals surface area (Å²) in [7, 11) is 0. The van der Waals surface area contributed by atoms with Crippen molar-refractivity contribution in [2.24, 2.45) is 0 Å². The van der Waals surface area contributed by atoms with E-state index in [4.69, 9.17) is 4.98 Å². The van der Waals surface area contributed by atoms with Gasteiger partial charge in [-0.2, -0.15) is 0 Å². The van der Waals surface area contributed by atoms with Crippen molar-refractivity contribution in [2.45, 2.75) is 20.0 Å². The zero-order valence-electron chi connectivity index (χ0n) is 14.8. The van der Waals surface area contributed by atoms with Crippen LogP contribution in [-0.2, 0) is 13.1 Å². The van der Waals surface area contributed by atoms with Gasteiger partial charge in [-0.3, -0.25) is 14.6 Å². The predicted octanol–water partition coefficient (Wildman–Crippen LogP) is 3.21. The highest BCUT2D eigenvalue weighted by molar-refractivity contribution is 6.00. The number of hydrogen-bond acceptors (Lipinski definition) is 3. The van der Waals surface area contributed by atoms with Gasteiger partial charge in [0.25, 0.3) is 11.8 Å². The van der Waals surface area contributed by atoms with Crippen LogP contribution in [0, 0.1) is 6.92 Å². The van der Waals surface area contributed by atoms with Gasteiger partial charge in [-0.05, 0) is 41.8 Å². The van der Waals surface area contributed by atoms with Gasteiger partial charge in [-0.15, -0.1) is 0 Å². The van der Waals surface area contributed by atoms with Gasteiger partial charge in [0.2, 0.25) is 0 Å². The molecule has 0 saturated carbocycles. The van der Waals surface area contributed by atoms with Gasteiger partial charge in [-0.25, -0.2) is 0 Å². The number of amides is 2. The summed E-state index contributed by atoms with van der Waals surface area (Å²) in [4.78, 5) is 28.6. The SMILES string of the molecule is Cc1nc(-c2ccc3c(c2)C(=O)NC3)ccc1-c1ccc2c(c1)C(=O)NC2. The average Bonchev–Trinajstić information content (AvgIpc) is 3.24. The molecule has 2 aromatic carbocycles. The van der Waals surface area contributed by atoms with Crippen molar-refractivity contribution in [3.05, 3.63) is 76.5 Å². The van der Waals surface area contributed by atoms with Crippen LogP contribution in [0.25, 0.3) is 22.4 Å². The molecule has 2 aliphatic heterocycles. The van der Waals surface area contributed by atoms with E-state index >= 15 is 0 Å². The molecule has 5 nitrogen and oxygen atoms in total. The first-order valence-electron chi connectivity index (χ1n) is 8.91. The third-order valence-electron chi connectivity index (χ3n) is 5.28. The highest BCUT2D eigenvalue weighted by atomic mass is 16.2. The summed E-state index contributed by atoms with van der Waals surface area (Å²) in [6.07, 6.45) is 0. The van der Waals surface area contributed by atoms with Crippen molar-refractivity contribution < 1.29 is 9.59 Å². The first-order valence-corrected chi connectivity index (χ1v) is 8.91. The normalized spacial score (nSPS) is 14.6. The number of carbonyl (C=O) groups excluding carboxylic acids is 2. The number of benzene rings is 2. The smallest absolute Gasteiger partial charge is 0.251 e. The van der Waals surface area contributed by atoms with Crippen LogP contribution in [0.1, 0.15) is 37.5 Å². The molecule has 0 saturated heterocycles. The second kappa shape index (κ2) is 5.77. The maximum absolute atomic E-state index is 11.9. The van der Waals surface area contributed by atoms with Gasteiger partial charge in [0.05, 0.1) is 5.69 Å². The van der Waals surface area contributed by atoms with Crippen molar-refractivity contribution in [2.75, 3.05) is 0 Å². The third kappa shape index (κ3) is 2.51. The molecule has 27 heavy (non-hydrogen) atoms. The molecule has 1 aromatic heterocycles. The number of pyridine rings is 1. The predicted molar refractivity (Wildman–Crippen MR) is 102 cm³/mol. The highest BCUT2D eigenvalue weighted by Gasteiger charge is 2.21. The minimum Gasteiger partial charge on any atom is -0.348 e. The van der Waals surface area contributed by atoms with E-state index in [0.29, 0.717) is 13.1 Å². The first kappa shape index (κ1) is 15.8. The monoisotopic (exact) mass is 355 g/mol. The quantitative estimate of drug-likeness (QED) is 0.741. The first-order chi connectivity index (χ1) is 13.1. The lowest BCUT2D eigenvalue weighted by Gasteiger charge is -2.10. The van der Waals surface area contributed by atoms with Crippen LogP contribution in [0.4, 0.5) is 0 Å². The van der Waals surface area contributed by atoms with E-state index in [9.17, 15) is 9.59 Å². The van der Waals surface area contributed by atoms with Crippen LogP contribution in [0.3, 0.4) is 0 Å². The largest absolute Gasteiger partial charge is 0.348 e. The number of aromatic nitrogens is 1. The lowest BCUT2D eigenvalue weighted by Crippen LogP contribution is -2.12. The lowest BCUT2D eigenvalue weighted by molar-refractivity contribution is 0.0957. The second-order valence-corrected chi connectivity index (χ2v) is 6.94. The molecule has 2 N–H and O–H groups in total. The van der Waals surface area contributed by atoms with Crippen LogP contribution in [0.5, 0.6) is 0 Å². The molecular formula is C22H17N3O2. The number of rotatable bonds is 2. The van der Waals surface area contributed by atoms with Crippen LogP contribution in [0.15, 0.2) is 48.5 Å². The van der Waals surface area contributed by atoms with Crippen LogP contribution >= 0.6 is 0 Å². The Morgan fingerprint density at radius 3 is 1.96 bits per heavy atom. The van der Waals surface area contributed by atoms with E-state index in [1.807, 2.05) is 55.5 Å². The fraction of sp³-hybridized carbons (Fsp3) is 0.136. The van der Waals surface area contributed by atoms with Crippen molar-refractivity contribution >= 4 is 11.8 Å². The van der Waals surface area contributed by atoms with Gasteiger partial charge >= 0.3 is 0 Å². The summed E-state index contributed by atoms with van der Waals surface area (Å²) in [5.74, 6) is -0.0536. The average molecular weight is 355 g/mol. The molecule has 0 spiro atoms. The van der Waals surface area contributed by atoms with Crippen molar-refractivity contribution in [1.82, 2.24) is 15.6 Å². The fourth-order valence-corrected chi connectivity index (χ4v) is 3.78. The Kier molecular flexibility index (Phi) is 3.37. The van der Waals surface area contributed by atoms with E-state index in [1.54, 1.807) is 0 Å². The maximum atomic E-state index is 11.9. The Bertz CT molecular complexity index is 1130. The Balaban J connectivity index is 1.54. The summed E-state index contributed by atoms with van der Waals surface area (Å²) >= 11 is 0. The number of nitrogens with one attached hydrogen (secondary N) is 2. The topological polar surface area (TPSA) is 71.1 Å². The van der Waals surface area contributed by atoms with E-state index in [0.717, 1.165) is 50.3 Å². The molecule has 132 valence electrons. The van der Waals surface area contributed by atoms with Gasteiger partial charge in [-0.1, -0.05) is 30.3 Å². The molecule has 2 amide bonds. The Labute approximate surface area is 156 Å². The van der Waals surface area contributed by atoms with Crippen molar-refractivity contribution in [3.63, 3.8) is 0 Å². The molecule has 0 atom stereocenters. The number of hydrogen-bond donors (Lipinski definition) is 2. The summed E-state index contributed by atoms with van der Waals surface area (Å²) in [6.45, 7) is 3.15. The molecule has 3 aromatic rings. The molecule has 0 aliphatic carbocycles. The van der Waals surface area contributed by atoms with E-state index in [1.165, 1.54) is 0 Å². The standard InChI is InChI=1S/C22H17N3O2/c1-12-17(13-2-4-15-10-23-21(26)18(15)8-13)6-7-20(25-12)14-3-5-16-11-24-22(27)19(16)9-14/h2-9H,10-11H2,1H3,(H,23,26)(H,24,27). The number of aryl methyl sites for hydroxylation is 1. The molecule has 0 fully saturated rings. The van der Waals surface area contributed by atoms with Crippen LogP contribution in [-0.4, -0.2) is 16.8 Å². The van der Waals surface area contributed by atoms with Gasteiger partial charge < -0.3 is 10.6 Å². The molecule has 2 aliphatic rings. The Morgan fingerprint density at radius 1 is 0.741 bits per heavy atom. The molecule has 5 rings (SSSR count). The Morgan fingerprint density at radius 2 is 1.33 bits per heavy atom. The highest BCUT2D eigenvalue weighted by Crippen LogP contribution is 2.30. The molecule has 0 bridgehead atoms. The fourth-order valence-electron chi connectivity index (χ4n) is 3.78.